The summed E-state index contributed by atoms with van der Waals surface area (Å²) in [5.41, 5.74) is 6.19. The first-order valence-corrected chi connectivity index (χ1v) is 7.24. The molecule has 1 saturated carbocycles. The van der Waals surface area contributed by atoms with Crippen LogP contribution in [0.25, 0.3) is 0 Å². The number of likely N-dealkylation sites (tertiary alicyclic amines) is 1. The number of rotatable bonds is 3. The molecule has 2 fully saturated rings. The SMILES string of the molecule is CC[C@H](C(=O)N1C[C@H]2CC[C@@H](C1)C2N)n1cccn1. The maximum atomic E-state index is 12.7. The molecule has 5 heteroatoms. The Morgan fingerprint density at radius 3 is 2.63 bits per heavy atom. The second-order valence-electron chi connectivity index (χ2n) is 5.83. The Bertz CT molecular complexity index is 430. The average molecular weight is 262 g/mol. The van der Waals surface area contributed by atoms with Gasteiger partial charge < -0.3 is 10.6 Å². The third-order valence-corrected chi connectivity index (χ3v) is 4.73. The van der Waals surface area contributed by atoms with E-state index in [4.69, 9.17) is 5.73 Å². The fourth-order valence-corrected chi connectivity index (χ4v) is 3.60. The van der Waals surface area contributed by atoms with Crippen LogP contribution in [-0.2, 0) is 4.79 Å². The lowest BCUT2D eigenvalue weighted by atomic mass is 9.92. The molecule has 0 aromatic carbocycles. The molecule has 1 aliphatic heterocycles. The van der Waals surface area contributed by atoms with Gasteiger partial charge in [-0.25, -0.2) is 0 Å². The van der Waals surface area contributed by atoms with Crippen molar-refractivity contribution in [2.75, 3.05) is 13.1 Å². The topological polar surface area (TPSA) is 64.2 Å². The molecule has 2 aliphatic rings. The highest BCUT2D eigenvalue weighted by molar-refractivity contribution is 5.80. The van der Waals surface area contributed by atoms with E-state index in [9.17, 15) is 4.79 Å². The van der Waals surface area contributed by atoms with Crippen molar-refractivity contribution in [2.45, 2.75) is 38.3 Å². The van der Waals surface area contributed by atoms with E-state index >= 15 is 0 Å². The molecule has 1 saturated heterocycles. The number of aromatic nitrogens is 2. The number of piperidine rings is 1. The molecule has 0 radical (unpaired) electrons. The summed E-state index contributed by atoms with van der Waals surface area (Å²) in [5, 5.41) is 4.22. The molecule has 2 N–H and O–H groups in total. The number of nitrogens with two attached hydrogens (primary N) is 1. The fourth-order valence-electron chi connectivity index (χ4n) is 3.60. The van der Waals surface area contributed by atoms with Crippen molar-refractivity contribution >= 4 is 5.91 Å². The van der Waals surface area contributed by atoms with Crippen LogP contribution >= 0.6 is 0 Å². The first kappa shape index (κ1) is 12.7. The van der Waals surface area contributed by atoms with Crippen molar-refractivity contribution in [3.05, 3.63) is 18.5 Å². The Morgan fingerprint density at radius 1 is 1.42 bits per heavy atom. The Kier molecular flexibility index (Phi) is 3.31. The summed E-state index contributed by atoms with van der Waals surface area (Å²) in [6, 6.07) is 2.00. The summed E-state index contributed by atoms with van der Waals surface area (Å²) >= 11 is 0. The van der Waals surface area contributed by atoms with E-state index in [0.717, 1.165) is 19.5 Å². The van der Waals surface area contributed by atoms with Gasteiger partial charge >= 0.3 is 0 Å². The number of fused-ring (bicyclic) bond motifs is 2. The first-order chi connectivity index (χ1) is 9.20. The van der Waals surface area contributed by atoms with E-state index in [0.29, 0.717) is 17.9 Å². The molecule has 1 aromatic heterocycles. The zero-order valence-electron chi connectivity index (χ0n) is 11.4. The van der Waals surface area contributed by atoms with E-state index in [2.05, 4.69) is 5.10 Å². The van der Waals surface area contributed by atoms with Gasteiger partial charge in [0.05, 0.1) is 0 Å². The van der Waals surface area contributed by atoms with E-state index in [1.165, 1.54) is 12.8 Å². The molecule has 1 aromatic rings. The summed E-state index contributed by atoms with van der Waals surface area (Å²) in [6.07, 6.45) is 6.73. The normalized spacial score (nSPS) is 31.5. The minimum absolute atomic E-state index is 0.163. The van der Waals surface area contributed by atoms with Gasteiger partial charge in [-0.2, -0.15) is 5.10 Å². The first-order valence-electron chi connectivity index (χ1n) is 7.24. The van der Waals surface area contributed by atoms with Crippen LogP contribution in [0.3, 0.4) is 0 Å². The van der Waals surface area contributed by atoms with Crippen molar-refractivity contribution in [2.24, 2.45) is 17.6 Å². The fraction of sp³-hybridized carbons (Fsp3) is 0.714. The van der Waals surface area contributed by atoms with Crippen LogP contribution < -0.4 is 5.73 Å². The molecular weight excluding hydrogens is 240 g/mol. The van der Waals surface area contributed by atoms with Gasteiger partial charge in [-0.15, -0.1) is 0 Å². The standard InChI is InChI=1S/C14H22N4O/c1-2-12(18-7-3-6-16-18)14(19)17-8-10-4-5-11(9-17)13(10)15/h3,6-7,10-13H,2,4-5,8-9,15H2,1H3/t10-,11+,12-,13?/m1/s1. The van der Waals surface area contributed by atoms with Crippen LogP contribution in [0.15, 0.2) is 18.5 Å². The van der Waals surface area contributed by atoms with Crippen LogP contribution in [0.4, 0.5) is 0 Å². The summed E-state index contributed by atoms with van der Waals surface area (Å²) < 4.78 is 1.78. The molecule has 0 spiro atoms. The lowest BCUT2D eigenvalue weighted by Gasteiger charge is -2.37. The monoisotopic (exact) mass is 262 g/mol. The number of carbonyl (C=O) groups excluding carboxylic acids is 1. The number of amides is 1. The van der Waals surface area contributed by atoms with Gasteiger partial charge in [0, 0.05) is 31.5 Å². The zero-order chi connectivity index (χ0) is 13.4. The van der Waals surface area contributed by atoms with Crippen molar-refractivity contribution in [1.82, 2.24) is 14.7 Å². The lowest BCUT2D eigenvalue weighted by molar-refractivity contribution is -0.137. The maximum Gasteiger partial charge on any atom is 0.247 e. The van der Waals surface area contributed by atoms with E-state index < -0.39 is 0 Å². The average Bonchev–Trinajstić information content (AvgIpc) is 2.97. The van der Waals surface area contributed by atoms with Gasteiger partial charge in [0.1, 0.15) is 6.04 Å². The number of nitrogens with zero attached hydrogens (tertiary/aromatic N) is 3. The predicted octanol–water partition coefficient (Wildman–Crippen LogP) is 1.03. The molecule has 3 rings (SSSR count). The highest BCUT2D eigenvalue weighted by Gasteiger charge is 2.42. The number of carbonyl (C=O) groups is 1. The van der Waals surface area contributed by atoms with Gasteiger partial charge in [-0.3, -0.25) is 9.48 Å². The van der Waals surface area contributed by atoms with Crippen molar-refractivity contribution < 1.29 is 4.79 Å². The van der Waals surface area contributed by atoms with Gasteiger partial charge in [0.15, 0.2) is 0 Å². The lowest BCUT2D eigenvalue weighted by Crippen LogP contribution is -2.52. The molecular formula is C14H22N4O. The van der Waals surface area contributed by atoms with Crippen LogP contribution in [0.2, 0.25) is 0 Å². The predicted molar refractivity (Wildman–Crippen MR) is 72.3 cm³/mol. The molecule has 4 atom stereocenters. The van der Waals surface area contributed by atoms with Gasteiger partial charge in [0.25, 0.3) is 0 Å². The highest BCUT2D eigenvalue weighted by Crippen LogP contribution is 2.36. The Labute approximate surface area is 113 Å². The minimum Gasteiger partial charge on any atom is -0.340 e. The molecule has 1 unspecified atom stereocenters. The summed E-state index contributed by atoms with van der Waals surface area (Å²) in [5.74, 6) is 1.20. The van der Waals surface area contributed by atoms with Gasteiger partial charge in [-0.1, -0.05) is 6.92 Å². The van der Waals surface area contributed by atoms with Crippen molar-refractivity contribution in [3.8, 4) is 0 Å². The largest absolute Gasteiger partial charge is 0.340 e. The summed E-state index contributed by atoms with van der Waals surface area (Å²) in [6.45, 7) is 3.69. The van der Waals surface area contributed by atoms with Crippen molar-refractivity contribution in [3.63, 3.8) is 0 Å². The molecule has 5 nitrogen and oxygen atoms in total. The molecule has 2 bridgehead atoms. The molecule has 1 amide bonds. The second-order valence-corrected chi connectivity index (χ2v) is 5.83. The minimum atomic E-state index is -0.163. The highest BCUT2D eigenvalue weighted by atomic mass is 16.2. The van der Waals surface area contributed by atoms with Crippen LogP contribution in [-0.4, -0.2) is 39.7 Å². The van der Waals surface area contributed by atoms with Crippen LogP contribution in [0.5, 0.6) is 0 Å². The van der Waals surface area contributed by atoms with E-state index in [1.807, 2.05) is 24.1 Å². The molecule has 2 heterocycles. The number of hydrogen-bond acceptors (Lipinski definition) is 3. The van der Waals surface area contributed by atoms with Gasteiger partial charge in [0.2, 0.25) is 5.91 Å². The second kappa shape index (κ2) is 4.96. The van der Waals surface area contributed by atoms with Gasteiger partial charge in [-0.05, 0) is 37.2 Å². The maximum absolute atomic E-state index is 12.7. The molecule has 19 heavy (non-hydrogen) atoms. The number of hydrogen-bond donors (Lipinski definition) is 1. The van der Waals surface area contributed by atoms with Crippen LogP contribution in [0.1, 0.15) is 32.2 Å². The van der Waals surface area contributed by atoms with E-state index in [1.54, 1.807) is 10.9 Å². The zero-order valence-corrected chi connectivity index (χ0v) is 11.4. The molecule has 1 aliphatic carbocycles. The van der Waals surface area contributed by atoms with E-state index in [-0.39, 0.29) is 11.9 Å². The Morgan fingerprint density at radius 2 is 2.11 bits per heavy atom. The third-order valence-electron chi connectivity index (χ3n) is 4.73. The van der Waals surface area contributed by atoms with Crippen LogP contribution in [0, 0.1) is 11.8 Å². The quantitative estimate of drug-likeness (QED) is 0.885. The molecule has 104 valence electrons. The van der Waals surface area contributed by atoms with Crippen molar-refractivity contribution in [1.29, 1.82) is 0 Å². The third kappa shape index (κ3) is 2.16. The Balaban J connectivity index is 1.74. The summed E-state index contributed by atoms with van der Waals surface area (Å²) in [7, 11) is 0. The summed E-state index contributed by atoms with van der Waals surface area (Å²) in [4.78, 5) is 14.7. The smallest absolute Gasteiger partial charge is 0.247 e. The Hall–Kier alpha value is -1.36.